The number of nitrogens with zero attached hydrogens (tertiary/aromatic N) is 7. The zero-order valence-corrected chi connectivity index (χ0v) is 20.5. The van der Waals surface area contributed by atoms with Gasteiger partial charge < -0.3 is 15.1 Å². The molecule has 4 aromatic rings. The number of piperazine rings is 1. The van der Waals surface area contributed by atoms with E-state index in [-0.39, 0.29) is 11.5 Å². The molecule has 186 valence electrons. The molecule has 0 bridgehead atoms. The number of azo groups is 1. The lowest BCUT2D eigenvalue weighted by Gasteiger charge is -2.36. The van der Waals surface area contributed by atoms with Gasteiger partial charge in [-0.25, -0.2) is 9.97 Å². The van der Waals surface area contributed by atoms with E-state index in [4.69, 9.17) is 11.6 Å². The van der Waals surface area contributed by atoms with Crippen LogP contribution in [0.5, 0.6) is 0 Å². The summed E-state index contributed by atoms with van der Waals surface area (Å²) in [4.78, 5) is 24.2. The van der Waals surface area contributed by atoms with E-state index in [1.165, 1.54) is 6.33 Å². The topological polar surface area (TPSA) is 112 Å². The van der Waals surface area contributed by atoms with Gasteiger partial charge in [0.2, 0.25) is 11.6 Å². The number of hydrogen-bond acceptors (Lipinski definition) is 9. The van der Waals surface area contributed by atoms with Crippen LogP contribution in [0.15, 0.2) is 95.4 Å². The fourth-order valence-electron chi connectivity index (χ4n) is 4.07. The van der Waals surface area contributed by atoms with Crippen LogP contribution >= 0.6 is 11.6 Å². The molecule has 0 saturated carbocycles. The number of hydrogen-bond donors (Lipinski definition) is 1. The standard InChI is InChI=1S/C26H23ClN8O2/c27-19-5-4-8-23(17-19)33-13-15-34(16-14-33)26-24(35(36)37)25(28-18-29-26)30-20-9-11-22(12-10-20)32-31-21-6-2-1-3-7-21/h1-12,17-18H,13-16H2,(H,28,29,30). The Morgan fingerprint density at radius 2 is 1.51 bits per heavy atom. The number of nitrogens with one attached hydrogen (secondary N) is 1. The van der Waals surface area contributed by atoms with Crippen LogP contribution in [-0.2, 0) is 0 Å². The van der Waals surface area contributed by atoms with E-state index in [9.17, 15) is 10.1 Å². The van der Waals surface area contributed by atoms with Gasteiger partial charge in [-0.05, 0) is 54.6 Å². The first-order valence-electron chi connectivity index (χ1n) is 11.7. The SMILES string of the molecule is O=[N+]([O-])c1c(Nc2ccc(N=Nc3ccccc3)cc2)ncnc1N1CCN(c2cccc(Cl)c2)CC1. The average molecular weight is 515 g/mol. The molecule has 11 heteroatoms. The lowest BCUT2D eigenvalue weighted by molar-refractivity contribution is -0.383. The van der Waals surface area contributed by atoms with E-state index in [0.29, 0.717) is 48.4 Å². The summed E-state index contributed by atoms with van der Waals surface area (Å²) in [6.45, 7) is 2.52. The summed E-state index contributed by atoms with van der Waals surface area (Å²) in [7, 11) is 0. The Labute approximate surface area is 218 Å². The van der Waals surface area contributed by atoms with Crippen molar-refractivity contribution < 1.29 is 4.92 Å². The highest BCUT2D eigenvalue weighted by atomic mass is 35.5. The van der Waals surface area contributed by atoms with E-state index in [0.717, 1.165) is 11.4 Å². The minimum absolute atomic E-state index is 0.130. The third kappa shape index (κ3) is 5.81. The monoisotopic (exact) mass is 514 g/mol. The van der Waals surface area contributed by atoms with Gasteiger partial charge in [0.25, 0.3) is 0 Å². The van der Waals surface area contributed by atoms with Crippen LogP contribution in [0.4, 0.5) is 40.1 Å². The second kappa shape index (κ2) is 11.0. The second-order valence-corrected chi connectivity index (χ2v) is 8.75. The molecular formula is C26H23ClN8O2. The van der Waals surface area contributed by atoms with Crippen molar-refractivity contribution in [3.8, 4) is 0 Å². The normalized spacial score (nSPS) is 13.6. The number of aromatic nitrogens is 2. The van der Waals surface area contributed by atoms with Crippen LogP contribution in [0, 0.1) is 10.1 Å². The van der Waals surface area contributed by atoms with Gasteiger partial charge in [-0.3, -0.25) is 10.1 Å². The van der Waals surface area contributed by atoms with Crippen molar-refractivity contribution in [2.45, 2.75) is 0 Å². The van der Waals surface area contributed by atoms with Crippen molar-refractivity contribution in [3.05, 3.63) is 100 Å². The van der Waals surface area contributed by atoms with Crippen LogP contribution in [-0.4, -0.2) is 41.1 Å². The second-order valence-electron chi connectivity index (χ2n) is 8.31. The zero-order chi connectivity index (χ0) is 25.6. The summed E-state index contributed by atoms with van der Waals surface area (Å²) < 4.78 is 0. The van der Waals surface area contributed by atoms with E-state index in [2.05, 4.69) is 30.4 Å². The molecule has 1 aliphatic rings. The number of anilines is 4. The Kier molecular flexibility index (Phi) is 7.18. The summed E-state index contributed by atoms with van der Waals surface area (Å²) in [5.74, 6) is 0.424. The molecule has 1 saturated heterocycles. The van der Waals surface area contributed by atoms with Gasteiger partial charge in [0.05, 0.1) is 16.3 Å². The van der Waals surface area contributed by atoms with Crippen LogP contribution < -0.4 is 15.1 Å². The van der Waals surface area contributed by atoms with Crippen LogP contribution in [0.3, 0.4) is 0 Å². The van der Waals surface area contributed by atoms with E-state index in [1.54, 1.807) is 24.3 Å². The molecule has 0 radical (unpaired) electrons. The van der Waals surface area contributed by atoms with E-state index >= 15 is 0 Å². The Morgan fingerprint density at radius 3 is 2.19 bits per heavy atom. The van der Waals surface area contributed by atoms with Crippen LogP contribution in [0.25, 0.3) is 0 Å². The third-order valence-corrected chi connectivity index (χ3v) is 6.14. The molecule has 0 unspecified atom stereocenters. The summed E-state index contributed by atoms with van der Waals surface area (Å²) in [5, 5.41) is 24.2. The quantitative estimate of drug-likeness (QED) is 0.169. The highest BCUT2D eigenvalue weighted by Crippen LogP contribution is 2.35. The minimum Gasteiger partial charge on any atom is -0.368 e. The summed E-state index contributed by atoms with van der Waals surface area (Å²) in [6, 6.07) is 24.2. The van der Waals surface area contributed by atoms with Crippen molar-refractivity contribution in [3.63, 3.8) is 0 Å². The summed E-state index contributed by atoms with van der Waals surface area (Å²) in [5.41, 5.74) is 2.91. The molecule has 1 aromatic heterocycles. The zero-order valence-electron chi connectivity index (χ0n) is 19.7. The molecule has 0 aliphatic carbocycles. The Balaban J connectivity index is 1.30. The fourth-order valence-corrected chi connectivity index (χ4v) is 4.25. The summed E-state index contributed by atoms with van der Waals surface area (Å²) in [6.07, 6.45) is 1.34. The first-order chi connectivity index (χ1) is 18.1. The molecule has 1 N–H and O–H groups in total. The van der Waals surface area contributed by atoms with Gasteiger partial charge in [0.1, 0.15) is 6.33 Å². The molecular weight excluding hydrogens is 492 g/mol. The molecule has 37 heavy (non-hydrogen) atoms. The van der Waals surface area contributed by atoms with Gasteiger partial charge in [0.15, 0.2) is 0 Å². The molecule has 0 amide bonds. The van der Waals surface area contributed by atoms with Crippen LogP contribution in [0.1, 0.15) is 0 Å². The van der Waals surface area contributed by atoms with Gasteiger partial charge in [0, 0.05) is 42.6 Å². The molecule has 5 rings (SSSR count). The first kappa shape index (κ1) is 24.1. The number of halogens is 1. The highest BCUT2D eigenvalue weighted by molar-refractivity contribution is 6.30. The lowest BCUT2D eigenvalue weighted by Crippen LogP contribution is -2.47. The Hall–Kier alpha value is -4.57. The van der Waals surface area contributed by atoms with Crippen molar-refractivity contribution in [2.75, 3.05) is 41.3 Å². The molecule has 1 aliphatic heterocycles. The predicted octanol–water partition coefficient (Wildman–Crippen LogP) is 6.52. The smallest absolute Gasteiger partial charge is 0.353 e. The van der Waals surface area contributed by atoms with Gasteiger partial charge in [-0.1, -0.05) is 35.9 Å². The molecule has 0 atom stereocenters. The highest BCUT2D eigenvalue weighted by Gasteiger charge is 2.29. The van der Waals surface area contributed by atoms with E-state index in [1.807, 2.05) is 59.5 Å². The Morgan fingerprint density at radius 1 is 0.838 bits per heavy atom. The van der Waals surface area contributed by atoms with Crippen molar-refractivity contribution in [1.29, 1.82) is 0 Å². The molecule has 3 aromatic carbocycles. The lowest BCUT2D eigenvalue weighted by atomic mass is 10.2. The maximum absolute atomic E-state index is 12.1. The van der Waals surface area contributed by atoms with Crippen molar-refractivity contribution >= 4 is 51.7 Å². The molecule has 10 nitrogen and oxygen atoms in total. The minimum atomic E-state index is -0.441. The number of rotatable bonds is 7. The fraction of sp³-hybridized carbons (Fsp3) is 0.154. The first-order valence-corrected chi connectivity index (χ1v) is 12.0. The van der Waals surface area contributed by atoms with Crippen LogP contribution in [0.2, 0.25) is 5.02 Å². The molecule has 1 fully saturated rings. The summed E-state index contributed by atoms with van der Waals surface area (Å²) >= 11 is 6.13. The predicted molar refractivity (Wildman–Crippen MR) is 145 cm³/mol. The van der Waals surface area contributed by atoms with Gasteiger partial charge in [-0.2, -0.15) is 10.2 Å². The Bertz CT molecular complexity index is 1410. The van der Waals surface area contributed by atoms with Gasteiger partial charge >= 0.3 is 5.69 Å². The van der Waals surface area contributed by atoms with Gasteiger partial charge in [-0.15, -0.1) is 0 Å². The third-order valence-electron chi connectivity index (χ3n) is 5.91. The largest absolute Gasteiger partial charge is 0.368 e. The maximum atomic E-state index is 12.1. The molecule has 0 spiro atoms. The average Bonchev–Trinajstić information content (AvgIpc) is 2.93. The number of benzene rings is 3. The molecule has 2 heterocycles. The van der Waals surface area contributed by atoms with E-state index < -0.39 is 4.92 Å². The number of nitro groups is 1. The van der Waals surface area contributed by atoms with Crippen molar-refractivity contribution in [1.82, 2.24) is 9.97 Å². The maximum Gasteiger partial charge on any atom is 0.353 e. The van der Waals surface area contributed by atoms with Crippen molar-refractivity contribution in [2.24, 2.45) is 10.2 Å².